The fourth-order valence-electron chi connectivity index (χ4n) is 4.12. The zero-order valence-corrected chi connectivity index (χ0v) is 16.3. The molecule has 2 aliphatic heterocycles. The van der Waals surface area contributed by atoms with Gasteiger partial charge >= 0.3 is 0 Å². The molecular weight excluding hydrogens is 356 g/mol. The molecule has 4 heterocycles. The zero-order chi connectivity index (χ0) is 19.5. The molecule has 148 valence electrons. The summed E-state index contributed by atoms with van der Waals surface area (Å²) in [7, 11) is 1.73. The minimum absolute atomic E-state index is 0.0357. The van der Waals surface area contributed by atoms with Crippen molar-refractivity contribution in [1.82, 2.24) is 24.4 Å². The molecule has 0 saturated carbocycles. The van der Waals surface area contributed by atoms with E-state index >= 15 is 0 Å². The number of carbonyl (C=O) groups excluding carboxylic acids is 1. The summed E-state index contributed by atoms with van der Waals surface area (Å²) < 4.78 is 1.55. The number of piperidine rings is 2. The Morgan fingerprint density at radius 3 is 2.68 bits per heavy atom. The summed E-state index contributed by atoms with van der Waals surface area (Å²) in [5.74, 6) is 0.810. The van der Waals surface area contributed by atoms with Crippen molar-refractivity contribution in [2.45, 2.75) is 32.1 Å². The van der Waals surface area contributed by atoms with E-state index in [1.165, 1.54) is 18.8 Å². The third kappa shape index (κ3) is 3.76. The number of amides is 1. The lowest BCUT2D eigenvalue weighted by Gasteiger charge is -2.37. The molecule has 8 heteroatoms. The van der Waals surface area contributed by atoms with Crippen molar-refractivity contribution >= 4 is 11.9 Å². The molecule has 1 unspecified atom stereocenters. The second-order valence-corrected chi connectivity index (χ2v) is 7.60. The molecular formula is C20H26N6O2. The Morgan fingerprint density at radius 2 is 1.93 bits per heavy atom. The molecule has 1 amide bonds. The fraction of sp³-hybridized carbons (Fsp3) is 0.550. The number of aromatic nitrogens is 4. The van der Waals surface area contributed by atoms with Crippen LogP contribution in [0.15, 0.2) is 29.5 Å². The largest absolute Gasteiger partial charge is 0.342 e. The number of carbonyl (C=O) groups is 1. The molecule has 4 rings (SSSR count). The summed E-state index contributed by atoms with van der Waals surface area (Å²) in [5.41, 5.74) is 1.01. The minimum Gasteiger partial charge on any atom is -0.342 e. The van der Waals surface area contributed by atoms with Gasteiger partial charge in [0, 0.05) is 45.5 Å². The molecule has 0 aromatic carbocycles. The van der Waals surface area contributed by atoms with Crippen molar-refractivity contribution in [2.75, 3.05) is 31.1 Å². The van der Waals surface area contributed by atoms with Gasteiger partial charge in [-0.3, -0.25) is 14.2 Å². The normalized spacial score (nSPS) is 20.2. The third-order valence-electron chi connectivity index (χ3n) is 5.68. The zero-order valence-electron chi connectivity index (χ0n) is 16.3. The van der Waals surface area contributed by atoms with Gasteiger partial charge in [-0.1, -0.05) is 0 Å². The van der Waals surface area contributed by atoms with Crippen molar-refractivity contribution in [2.24, 2.45) is 13.0 Å². The van der Waals surface area contributed by atoms with Crippen LogP contribution in [0, 0.1) is 5.92 Å². The number of rotatable bonds is 3. The molecule has 2 saturated heterocycles. The second-order valence-electron chi connectivity index (χ2n) is 7.60. The summed E-state index contributed by atoms with van der Waals surface area (Å²) in [6, 6.07) is 3.23. The standard InChI is InChI=1S/C20H26N6O2/c1-24-18(27)12-17(16-7-8-21-14-22-16)23-20(24)26-11-5-6-15(13-26)19(28)25-9-3-2-4-10-25/h7-8,12,14-15H,2-6,9-11,13H2,1H3. The molecule has 28 heavy (non-hydrogen) atoms. The highest BCUT2D eigenvalue weighted by atomic mass is 16.2. The number of hydrogen-bond acceptors (Lipinski definition) is 6. The average molecular weight is 382 g/mol. The van der Waals surface area contributed by atoms with Crippen LogP contribution in [-0.4, -0.2) is 56.5 Å². The number of anilines is 1. The van der Waals surface area contributed by atoms with E-state index in [1.807, 2.05) is 4.90 Å². The number of nitrogens with zero attached hydrogens (tertiary/aromatic N) is 6. The van der Waals surface area contributed by atoms with Crippen molar-refractivity contribution < 1.29 is 4.79 Å². The van der Waals surface area contributed by atoms with Crippen molar-refractivity contribution in [3.63, 3.8) is 0 Å². The lowest BCUT2D eigenvalue weighted by molar-refractivity contribution is -0.136. The Labute approximate surface area is 164 Å². The fourth-order valence-corrected chi connectivity index (χ4v) is 4.12. The SMILES string of the molecule is Cn1c(N2CCCC(C(=O)N3CCCCC3)C2)nc(-c2ccncn2)cc1=O. The summed E-state index contributed by atoms with van der Waals surface area (Å²) in [6.45, 7) is 3.13. The van der Waals surface area contributed by atoms with Gasteiger partial charge in [-0.15, -0.1) is 0 Å². The maximum Gasteiger partial charge on any atom is 0.255 e. The van der Waals surface area contributed by atoms with Crippen LogP contribution in [0.3, 0.4) is 0 Å². The predicted molar refractivity (Wildman–Crippen MR) is 106 cm³/mol. The van der Waals surface area contributed by atoms with Gasteiger partial charge in [-0.05, 0) is 38.2 Å². The van der Waals surface area contributed by atoms with Crippen LogP contribution in [0.2, 0.25) is 0 Å². The highest BCUT2D eigenvalue weighted by Crippen LogP contribution is 2.25. The van der Waals surface area contributed by atoms with Gasteiger partial charge in [0.1, 0.15) is 6.33 Å². The lowest BCUT2D eigenvalue weighted by Crippen LogP contribution is -2.47. The highest BCUT2D eigenvalue weighted by Gasteiger charge is 2.31. The predicted octanol–water partition coefficient (Wildman–Crippen LogP) is 1.47. The molecule has 1 atom stereocenters. The Balaban J connectivity index is 1.58. The quantitative estimate of drug-likeness (QED) is 0.799. The molecule has 2 aromatic rings. The van der Waals surface area contributed by atoms with E-state index in [0.717, 1.165) is 45.3 Å². The Bertz CT molecular complexity index is 891. The molecule has 2 aromatic heterocycles. The van der Waals surface area contributed by atoms with Gasteiger partial charge in [-0.2, -0.15) is 0 Å². The third-order valence-corrected chi connectivity index (χ3v) is 5.68. The average Bonchev–Trinajstić information content (AvgIpc) is 2.76. The first-order valence-electron chi connectivity index (χ1n) is 10.0. The molecule has 0 aliphatic carbocycles. The van der Waals surface area contributed by atoms with Crippen LogP contribution in [-0.2, 0) is 11.8 Å². The van der Waals surface area contributed by atoms with E-state index in [2.05, 4.69) is 14.9 Å². The second kappa shape index (κ2) is 8.08. The van der Waals surface area contributed by atoms with Crippen LogP contribution in [0.1, 0.15) is 32.1 Å². The highest BCUT2D eigenvalue weighted by molar-refractivity contribution is 5.79. The smallest absolute Gasteiger partial charge is 0.255 e. The van der Waals surface area contributed by atoms with Crippen molar-refractivity contribution in [1.29, 1.82) is 0 Å². The van der Waals surface area contributed by atoms with Gasteiger partial charge in [0.05, 0.1) is 17.3 Å². The molecule has 2 aliphatic rings. The first-order chi connectivity index (χ1) is 13.6. The summed E-state index contributed by atoms with van der Waals surface area (Å²) in [6.07, 6.45) is 8.29. The molecule has 8 nitrogen and oxygen atoms in total. The Kier molecular flexibility index (Phi) is 5.36. The van der Waals surface area contributed by atoms with E-state index in [1.54, 1.807) is 23.9 Å². The van der Waals surface area contributed by atoms with Crippen LogP contribution < -0.4 is 10.5 Å². The van der Waals surface area contributed by atoms with Gasteiger partial charge in [0.15, 0.2) is 0 Å². The number of hydrogen-bond donors (Lipinski definition) is 0. The number of likely N-dealkylation sites (tertiary alicyclic amines) is 1. The van der Waals surface area contributed by atoms with Crippen molar-refractivity contribution in [3.05, 3.63) is 35.0 Å². The van der Waals surface area contributed by atoms with E-state index < -0.39 is 0 Å². The first-order valence-corrected chi connectivity index (χ1v) is 10.0. The summed E-state index contributed by atoms with van der Waals surface area (Å²) >= 11 is 0. The molecule has 0 N–H and O–H groups in total. The van der Waals surface area contributed by atoms with Gasteiger partial charge in [0.2, 0.25) is 11.9 Å². The Hall–Kier alpha value is -2.77. The van der Waals surface area contributed by atoms with Gasteiger partial charge in [-0.25, -0.2) is 15.0 Å². The molecule has 2 fully saturated rings. The lowest BCUT2D eigenvalue weighted by atomic mass is 9.95. The van der Waals surface area contributed by atoms with Crippen LogP contribution in [0.5, 0.6) is 0 Å². The molecule has 0 bridgehead atoms. The molecule has 0 spiro atoms. The minimum atomic E-state index is -0.136. The van der Waals surface area contributed by atoms with E-state index in [0.29, 0.717) is 23.9 Å². The maximum atomic E-state index is 13.0. The topological polar surface area (TPSA) is 84.2 Å². The van der Waals surface area contributed by atoms with Gasteiger partial charge < -0.3 is 9.80 Å². The summed E-state index contributed by atoms with van der Waals surface area (Å²) in [5, 5.41) is 0. The molecule has 0 radical (unpaired) electrons. The van der Waals surface area contributed by atoms with Crippen molar-refractivity contribution in [3.8, 4) is 11.4 Å². The van der Waals surface area contributed by atoms with Gasteiger partial charge in [0.25, 0.3) is 5.56 Å². The summed E-state index contributed by atoms with van der Waals surface area (Å²) in [4.78, 5) is 42.4. The first kappa shape index (κ1) is 18.6. The van der Waals surface area contributed by atoms with Crippen LogP contribution >= 0.6 is 0 Å². The van der Waals surface area contributed by atoms with E-state index in [9.17, 15) is 9.59 Å². The van der Waals surface area contributed by atoms with E-state index in [-0.39, 0.29) is 17.4 Å². The van der Waals surface area contributed by atoms with Crippen LogP contribution in [0.25, 0.3) is 11.4 Å². The monoisotopic (exact) mass is 382 g/mol. The maximum absolute atomic E-state index is 13.0. The van der Waals surface area contributed by atoms with Crippen LogP contribution in [0.4, 0.5) is 5.95 Å². The van der Waals surface area contributed by atoms with E-state index in [4.69, 9.17) is 4.98 Å². The Morgan fingerprint density at radius 1 is 1.11 bits per heavy atom.